The van der Waals surface area contributed by atoms with Gasteiger partial charge < -0.3 is 14.5 Å². The van der Waals surface area contributed by atoms with Crippen LogP contribution in [0.2, 0.25) is 0 Å². The summed E-state index contributed by atoms with van der Waals surface area (Å²) in [6.07, 6.45) is 0.800. The van der Waals surface area contributed by atoms with Crippen LogP contribution >= 0.6 is 0 Å². The van der Waals surface area contributed by atoms with Crippen molar-refractivity contribution >= 4 is 15.9 Å². The van der Waals surface area contributed by atoms with Gasteiger partial charge in [0.25, 0.3) is 5.91 Å². The van der Waals surface area contributed by atoms with E-state index in [4.69, 9.17) is 9.15 Å². The van der Waals surface area contributed by atoms with Crippen LogP contribution in [0, 0.1) is 0 Å². The van der Waals surface area contributed by atoms with Crippen LogP contribution < -0.4 is 14.8 Å². The lowest BCUT2D eigenvalue weighted by Gasteiger charge is -2.16. The lowest BCUT2D eigenvalue weighted by molar-refractivity contribution is -0.127. The lowest BCUT2D eigenvalue weighted by atomic mass is 10.3. The van der Waals surface area contributed by atoms with Gasteiger partial charge in [0.2, 0.25) is 10.0 Å². The molecule has 7 nitrogen and oxygen atoms in total. The first-order valence-corrected chi connectivity index (χ1v) is 9.35. The number of hydrogen-bond acceptors (Lipinski definition) is 5. The van der Waals surface area contributed by atoms with E-state index in [0.29, 0.717) is 11.5 Å². The number of amides is 1. The summed E-state index contributed by atoms with van der Waals surface area (Å²) in [7, 11) is -3.66. The maximum Gasteiger partial charge on any atom is 0.260 e. The second-order valence-electron chi connectivity index (χ2n) is 5.80. The first-order chi connectivity index (χ1) is 11.8. The zero-order chi connectivity index (χ0) is 18.4. The number of hydrogen-bond donors (Lipinski definition) is 2. The van der Waals surface area contributed by atoms with Gasteiger partial charge in [0.05, 0.1) is 17.7 Å². The van der Waals surface area contributed by atoms with Gasteiger partial charge in [0, 0.05) is 6.04 Å². The fourth-order valence-corrected chi connectivity index (χ4v) is 3.01. The van der Waals surface area contributed by atoms with Crippen molar-refractivity contribution < 1.29 is 22.4 Å². The Labute approximate surface area is 147 Å². The lowest BCUT2D eigenvalue weighted by Crippen LogP contribution is -2.40. The van der Waals surface area contributed by atoms with Crippen LogP contribution in [0.5, 0.6) is 5.75 Å². The summed E-state index contributed by atoms with van der Waals surface area (Å²) in [5.74, 6) is 0.705. The Morgan fingerprint density at radius 3 is 2.40 bits per heavy atom. The number of ether oxygens (including phenoxy) is 1. The third kappa shape index (κ3) is 5.61. The third-order valence-corrected chi connectivity index (χ3v) is 4.68. The highest BCUT2D eigenvalue weighted by atomic mass is 32.2. The largest absolute Gasteiger partial charge is 0.481 e. The molecule has 0 spiro atoms. The molecule has 1 amide bonds. The third-order valence-electron chi connectivity index (χ3n) is 3.26. The number of furan rings is 1. The Balaban J connectivity index is 1.97. The van der Waals surface area contributed by atoms with Crippen LogP contribution in [0.25, 0.3) is 0 Å². The molecular weight excluding hydrogens is 344 g/mol. The maximum atomic E-state index is 12.2. The molecule has 25 heavy (non-hydrogen) atoms. The number of carbonyl (C=O) groups is 1. The van der Waals surface area contributed by atoms with Gasteiger partial charge in [-0.3, -0.25) is 4.79 Å². The molecule has 136 valence electrons. The zero-order valence-electron chi connectivity index (χ0n) is 14.4. The molecule has 2 rings (SSSR count). The van der Waals surface area contributed by atoms with E-state index in [1.165, 1.54) is 30.5 Å². The SMILES string of the molecule is CC(C)NC(=O)[C@@H](C)Oc1ccc(S(=O)(=O)NCc2ccco2)cc1. The van der Waals surface area contributed by atoms with Crippen LogP contribution in [0.3, 0.4) is 0 Å². The molecule has 1 aromatic carbocycles. The molecule has 0 radical (unpaired) electrons. The summed E-state index contributed by atoms with van der Waals surface area (Å²) >= 11 is 0. The van der Waals surface area contributed by atoms with Gasteiger partial charge in [-0.2, -0.15) is 0 Å². The molecule has 0 bridgehead atoms. The Hall–Kier alpha value is -2.32. The summed E-state index contributed by atoms with van der Waals surface area (Å²) in [6, 6.07) is 9.27. The number of rotatable bonds is 8. The standard InChI is InChI=1S/C17H22N2O5S/c1-12(2)19-17(20)13(3)24-14-6-8-16(9-7-14)25(21,22)18-11-15-5-4-10-23-15/h4-10,12-13,18H,11H2,1-3H3,(H,19,20)/t13-/m1/s1. The monoisotopic (exact) mass is 366 g/mol. The van der Waals surface area contributed by atoms with Gasteiger partial charge in [-0.1, -0.05) is 0 Å². The van der Waals surface area contributed by atoms with E-state index in [1.807, 2.05) is 13.8 Å². The first-order valence-electron chi connectivity index (χ1n) is 7.87. The van der Waals surface area contributed by atoms with Gasteiger partial charge in [-0.05, 0) is 57.2 Å². The van der Waals surface area contributed by atoms with Gasteiger partial charge in [-0.15, -0.1) is 0 Å². The van der Waals surface area contributed by atoms with Crippen LogP contribution in [0.15, 0.2) is 52.0 Å². The normalized spacial score (nSPS) is 12.8. The van der Waals surface area contributed by atoms with E-state index in [0.717, 1.165) is 0 Å². The summed E-state index contributed by atoms with van der Waals surface area (Å²) in [5.41, 5.74) is 0. The predicted molar refractivity (Wildman–Crippen MR) is 92.5 cm³/mol. The van der Waals surface area contributed by atoms with Crippen LogP contribution in [0.4, 0.5) is 0 Å². The van der Waals surface area contributed by atoms with Crippen molar-refractivity contribution in [3.05, 3.63) is 48.4 Å². The summed E-state index contributed by atoms with van der Waals surface area (Å²) in [6.45, 7) is 5.42. The fourth-order valence-electron chi connectivity index (χ4n) is 2.02. The minimum atomic E-state index is -3.66. The topological polar surface area (TPSA) is 97.6 Å². The maximum absolute atomic E-state index is 12.2. The van der Waals surface area contributed by atoms with E-state index >= 15 is 0 Å². The predicted octanol–water partition coefficient (Wildman–Crippen LogP) is 2.05. The van der Waals surface area contributed by atoms with E-state index in [1.54, 1.807) is 19.1 Å². The molecule has 0 unspecified atom stereocenters. The Bertz CT molecular complexity index is 783. The molecule has 1 atom stereocenters. The summed E-state index contributed by atoms with van der Waals surface area (Å²) in [5, 5.41) is 2.75. The smallest absolute Gasteiger partial charge is 0.260 e. The van der Waals surface area contributed by atoms with E-state index in [9.17, 15) is 13.2 Å². The molecule has 1 heterocycles. The van der Waals surface area contributed by atoms with Crippen molar-refractivity contribution in [3.63, 3.8) is 0 Å². The number of benzene rings is 1. The molecule has 1 aromatic heterocycles. The fraction of sp³-hybridized carbons (Fsp3) is 0.353. The van der Waals surface area contributed by atoms with Gasteiger partial charge >= 0.3 is 0 Å². The molecule has 0 aliphatic carbocycles. The molecule has 0 saturated heterocycles. The van der Waals surface area contributed by atoms with Crippen molar-refractivity contribution in [2.24, 2.45) is 0 Å². The Kier molecular flexibility index (Phi) is 6.22. The number of carbonyl (C=O) groups excluding carboxylic acids is 1. The van der Waals surface area contributed by atoms with E-state index in [2.05, 4.69) is 10.0 Å². The van der Waals surface area contributed by atoms with Crippen molar-refractivity contribution in [2.75, 3.05) is 0 Å². The highest BCUT2D eigenvalue weighted by Gasteiger charge is 2.17. The van der Waals surface area contributed by atoms with Crippen LogP contribution in [0.1, 0.15) is 26.5 Å². The summed E-state index contributed by atoms with van der Waals surface area (Å²) < 4.78 is 37.5. The zero-order valence-corrected chi connectivity index (χ0v) is 15.2. The minimum Gasteiger partial charge on any atom is -0.481 e. The average Bonchev–Trinajstić information content (AvgIpc) is 3.06. The van der Waals surface area contributed by atoms with Crippen molar-refractivity contribution in [2.45, 2.75) is 44.4 Å². The highest BCUT2D eigenvalue weighted by Crippen LogP contribution is 2.17. The molecule has 0 saturated carbocycles. The van der Waals surface area contributed by atoms with Gasteiger partial charge in [0.15, 0.2) is 6.10 Å². The van der Waals surface area contributed by atoms with Crippen molar-refractivity contribution in [3.8, 4) is 5.75 Å². The molecule has 0 fully saturated rings. The van der Waals surface area contributed by atoms with Gasteiger partial charge in [-0.25, -0.2) is 13.1 Å². The van der Waals surface area contributed by atoms with E-state index < -0.39 is 16.1 Å². The van der Waals surface area contributed by atoms with Crippen LogP contribution in [-0.4, -0.2) is 26.5 Å². The highest BCUT2D eigenvalue weighted by molar-refractivity contribution is 7.89. The minimum absolute atomic E-state index is 0.0197. The van der Waals surface area contributed by atoms with E-state index in [-0.39, 0.29) is 23.4 Å². The first kappa shape index (κ1) is 19.0. The molecule has 0 aliphatic rings. The van der Waals surface area contributed by atoms with Crippen molar-refractivity contribution in [1.29, 1.82) is 0 Å². The molecular formula is C17H22N2O5S. The average molecular weight is 366 g/mol. The van der Waals surface area contributed by atoms with Crippen molar-refractivity contribution in [1.82, 2.24) is 10.0 Å². The number of nitrogens with one attached hydrogen (secondary N) is 2. The quantitative estimate of drug-likeness (QED) is 0.745. The number of sulfonamides is 1. The van der Waals surface area contributed by atoms with Crippen LogP contribution in [-0.2, 0) is 21.4 Å². The molecule has 8 heteroatoms. The second kappa shape index (κ2) is 8.17. The molecule has 2 aromatic rings. The molecule has 0 aliphatic heterocycles. The Morgan fingerprint density at radius 2 is 1.84 bits per heavy atom. The second-order valence-corrected chi connectivity index (χ2v) is 7.57. The van der Waals surface area contributed by atoms with Gasteiger partial charge in [0.1, 0.15) is 11.5 Å². The summed E-state index contributed by atoms with van der Waals surface area (Å²) in [4.78, 5) is 11.9. The molecule has 2 N–H and O–H groups in total. The Morgan fingerprint density at radius 1 is 1.16 bits per heavy atom.